The number of aliphatic hydroxyl groups is 2. The summed E-state index contributed by atoms with van der Waals surface area (Å²) < 4.78 is 0. The third kappa shape index (κ3) is 2.32. The molecule has 0 bridgehead atoms. The first kappa shape index (κ1) is 10.9. The molecule has 2 atom stereocenters. The Hall–Kier alpha value is -0.610. The summed E-state index contributed by atoms with van der Waals surface area (Å²) in [5, 5.41) is 18.7. The number of β-amino-alcohol motifs (C(OH)–C–C–N with tert-alkyl or cyclic N) is 2. The molecule has 1 heterocycles. The Morgan fingerprint density at radius 2 is 1.53 bits per heavy atom. The maximum Gasteiger partial charge on any atom is 0.225 e. The average molecular weight is 213 g/mol. The third-order valence-corrected chi connectivity index (χ3v) is 3.53. The lowest BCUT2D eigenvalue weighted by atomic mass is 9.88. The van der Waals surface area contributed by atoms with Gasteiger partial charge in [-0.2, -0.15) is 0 Å². The topological polar surface area (TPSA) is 60.8 Å². The van der Waals surface area contributed by atoms with Crippen LogP contribution in [0.15, 0.2) is 0 Å². The molecule has 0 aromatic heterocycles. The molecule has 0 spiro atoms. The first-order valence-electron chi connectivity index (χ1n) is 5.83. The summed E-state index contributed by atoms with van der Waals surface area (Å²) in [6, 6.07) is 0. The summed E-state index contributed by atoms with van der Waals surface area (Å²) in [6.45, 7) is 0.604. The summed E-state index contributed by atoms with van der Waals surface area (Å²) >= 11 is 0. The van der Waals surface area contributed by atoms with Crippen LogP contribution >= 0.6 is 0 Å². The highest BCUT2D eigenvalue weighted by atomic mass is 16.3. The van der Waals surface area contributed by atoms with E-state index in [1.807, 2.05) is 0 Å². The smallest absolute Gasteiger partial charge is 0.225 e. The van der Waals surface area contributed by atoms with Gasteiger partial charge in [0, 0.05) is 19.0 Å². The van der Waals surface area contributed by atoms with E-state index in [-0.39, 0.29) is 11.8 Å². The van der Waals surface area contributed by atoms with Crippen LogP contribution in [0.1, 0.15) is 32.1 Å². The van der Waals surface area contributed by atoms with Crippen LogP contribution in [0.4, 0.5) is 0 Å². The minimum Gasteiger partial charge on any atom is -0.388 e. The second-order valence-electron chi connectivity index (χ2n) is 4.71. The maximum atomic E-state index is 12.0. The van der Waals surface area contributed by atoms with E-state index in [4.69, 9.17) is 0 Å². The van der Waals surface area contributed by atoms with E-state index in [1.165, 1.54) is 6.42 Å². The van der Waals surface area contributed by atoms with Crippen molar-refractivity contribution in [3.63, 3.8) is 0 Å². The van der Waals surface area contributed by atoms with E-state index in [9.17, 15) is 15.0 Å². The van der Waals surface area contributed by atoms with E-state index in [2.05, 4.69) is 0 Å². The van der Waals surface area contributed by atoms with Crippen molar-refractivity contribution in [2.24, 2.45) is 5.92 Å². The standard InChI is InChI=1S/C11H19NO3/c13-9-6-12(7-10(9)14)11(15)8-4-2-1-3-5-8/h8-10,13-14H,1-7H2/t9-,10+. The predicted molar refractivity (Wildman–Crippen MR) is 55.2 cm³/mol. The van der Waals surface area contributed by atoms with Gasteiger partial charge in [-0.1, -0.05) is 19.3 Å². The van der Waals surface area contributed by atoms with Gasteiger partial charge in [-0.05, 0) is 12.8 Å². The van der Waals surface area contributed by atoms with Crippen molar-refractivity contribution < 1.29 is 15.0 Å². The van der Waals surface area contributed by atoms with Gasteiger partial charge in [0.05, 0.1) is 12.2 Å². The highest BCUT2D eigenvalue weighted by molar-refractivity contribution is 5.79. The first-order chi connectivity index (χ1) is 7.18. The molecule has 1 saturated heterocycles. The molecule has 0 aromatic carbocycles. The van der Waals surface area contributed by atoms with Gasteiger partial charge in [-0.15, -0.1) is 0 Å². The minimum absolute atomic E-state index is 0.130. The van der Waals surface area contributed by atoms with Crippen molar-refractivity contribution in [2.75, 3.05) is 13.1 Å². The van der Waals surface area contributed by atoms with Crippen molar-refractivity contribution in [3.05, 3.63) is 0 Å². The fourth-order valence-corrected chi connectivity index (χ4v) is 2.56. The number of aliphatic hydroxyl groups excluding tert-OH is 2. The molecule has 0 unspecified atom stereocenters. The second kappa shape index (κ2) is 4.49. The van der Waals surface area contributed by atoms with Gasteiger partial charge < -0.3 is 15.1 Å². The number of rotatable bonds is 1. The van der Waals surface area contributed by atoms with Crippen LogP contribution in [0.3, 0.4) is 0 Å². The molecule has 4 nitrogen and oxygen atoms in total. The van der Waals surface area contributed by atoms with E-state index >= 15 is 0 Å². The Morgan fingerprint density at radius 1 is 1.00 bits per heavy atom. The van der Waals surface area contributed by atoms with Crippen LogP contribution in [0.25, 0.3) is 0 Å². The highest BCUT2D eigenvalue weighted by Crippen LogP contribution is 2.26. The zero-order chi connectivity index (χ0) is 10.8. The van der Waals surface area contributed by atoms with E-state index in [0.717, 1.165) is 25.7 Å². The van der Waals surface area contributed by atoms with Gasteiger partial charge in [0.15, 0.2) is 0 Å². The molecule has 2 aliphatic rings. The van der Waals surface area contributed by atoms with E-state index < -0.39 is 12.2 Å². The molecule has 1 saturated carbocycles. The van der Waals surface area contributed by atoms with Crippen LogP contribution in [-0.4, -0.2) is 46.3 Å². The molecular weight excluding hydrogens is 194 g/mol. The number of hydrogen-bond donors (Lipinski definition) is 2. The number of likely N-dealkylation sites (tertiary alicyclic amines) is 1. The van der Waals surface area contributed by atoms with Gasteiger partial charge in [0.25, 0.3) is 0 Å². The van der Waals surface area contributed by atoms with Crippen LogP contribution in [0, 0.1) is 5.92 Å². The lowest BCUT2D eigenvalue weighted by Crippen LogP contribution is -2.36. The molecule has 2 fully saturated rings. The van der Waals surface area contributed by atoms with Crippen molar-refractivity contribution in [2.45, 2.75) is 44.3 Å². The molecule has 0 radical (unpaired) electrons. The van der Waals surface area contributed by atoms with Crippen molar-refractivity contribution >= 4 is 5.91 Å². The molecule has 2 rings (SSSR count). The fraction of sp³-hybridized carbons (Fsp3) is 0.909. The Morgan fingerprint density at radius 3 is 2.07 bits per heavy atom. The number of nitrogens with zero attached hydrogens (tertiary/aromatic N) is 1. The van der Waals surface area contributed by atoms with Crippen molar-refractivity contribution in [3.8, 4) is 0 Å². The molecule has 15 heavy (non-hydrogen) atoms. The Labute approximate surface area is 89.9 Å². The average Bonchev–Trinajstić information content (AvgIpc) is 2.59. The van der Waals surface area contributed by atoms with Gasteiger partial charge >= 0.3 is 0 Å². The largest absolute Gasteiger partial charge is 0.388 e. The summed E-state index contributed by atoms with van der Waals surface area (Å²) in [7, 11) is 0. The van der Waals surface area contributed by atoms with Crippen molar-refractivity contribution in [1.82, 2.24) is 4.90 Å². The Balaban J connectivity index is 1.90. The minimum atomic E-state index is -0.752. The molecule has 1 aliphatic carbocycles. The maximum absolute atomic E-state index is 12.0. The van der Waals surface area contributed by atoms with Gasteiger partial charge in [-0.3, -0.25) is 4.79 Å². The zero-order valence-corrected chi connectivity index (χ0v) is 8.93. The lowest BCUT2D eigenvalue weighted by Gasteiger charge is -2.25. The second-order valence-corrected chi connectivity index (χ2v) is 4.71. The lowest BCUT2D eigenvalue weighted by molar-refractivity contribution is -0.136. The number of carbonyl (C=O) groups excluding carboxylic acids is 1. The third-order valence-electron chi connectivity index (χ3n) is 3.53. The van der Waals surface area contributed by atoms with Gasteiger partial charge in [0.1, 0.15) is 0 Å². The molecule has 1 amide bonds. The van der Waals surface area contributed by atoms with Crippen LogP contribution < -0.4 is 0 Å². The molecule has 0 aromatic rings. The summed E-state index contributed by atoms with van der Waals surface area (Å²) in [5.41, 5.74) is 0. The fourth-order valence-electron chi connectivity index (χ4n) is 2.56. The predicted octanol–water partition coefficient (Wildman–Crippen LogP) is 0.131. The van der Waals surface area contributed by atoms with Gasteiger partial charge in [0.2, 0.25) is 5.91 Å². The number of hydrogen-bond acceptors (Lipinski definition) is 3. The first-order valence-corrected chi connectivity index (χ1v) is 5.83. The molecule has 1 aliphatic heterocycles. The summed E-state index contributed by atoms with van der Waals surface area (Å²) in [5.74, 6) is 0.265. The normalized spacial score (nSPS) is 33.3. The van der Waals surface area contributed by atoms with Crippen LogP contribution in [0.2, 0.25) is 0 Å². The molecular formula is C11H19NO3. The monoisotopic (exact) mass is 213 g/mol. The van der Waals surface area contributed by atoms with E-state index in [0.29, 0.717) is 13.1 Å². The Kier molecular flexibility index (Phi) is 3.26. The highest BCUT2D eigenvalue weighted by Gasteiger charge is 2.35. The summed E-state index contributed by atoms with van der Waals surface area (Å²) in [6.07, 6.45) is 3.94. The van der Waals surface area contributed by atoms with Crippen LogP contribution in [-0.2, 0) is 4.79 Å². The van der Waals surface area contributed by atoms with Crippen LogP contribution in [0.5, 0.6) is 0 Å². The number of amides is 1. The quantitative estimate of drug-likeness (QED) is 0.651. The molecule has 2 N–H and O–H groups in total. The Bertz CT molecular complexity index is 228. The van der Waals surface area contributed by atoms with Gasteiger partial charge in [-0.25, -0.2) is 0 Å². The van der Waals surface area contributed by atoms with E-state index in [1.54, 1.807) is 4.90 Å². The zero-order valence-electron chi connectivity index (χ0n) is 8.93. The molecule has 86 valence electrons. The number of carbonyl (C=O) groups is 1. The molecule has 4 heteroatoms. The SMILES string of the molecule is O=C(C1CCCCC1)N1C[C@@H](O)[C@@H](O)C1. The van der Waals surface area contributed by atoms with Crippen molar-refractivity contribution in [1.29, 1.82) is 0 Å². The summed E-state index contributed by atoms with van der Waals surface area (Å²) in [4.78, 5) is 13.6.